The summed E-state index contributed by atoms with van der Waals surface area (Å²) in [7, 11) is 0. The average molecular weight is 335 g/mol. The predicted molar refractivity (Wildman–Crippen MR) is 91.5 cm³/mol. The molecule has 1 aromatic rings. The Morgan fingerprint density at radius 1 is 1.29 bits per heavy atom. The van der Waals surface area contributed by atoms with E-state index in [2.05, 4.69) is 9.97 Å². The van der Waals surface area contributed by atoms with Crippen molar-refractivity contribution in [3.63, 3.8) is 0 Å². The first kappa shape index (κ1) is 18.6. The van der Waals surface area contributed by atoms with Crippen LogP contribution in [0, 0.1) is 5.92 Å². The van der Waals surface area contributed by atoms with Crippen LogP contribution in [-0.4, -0.2) is 46.3 Å². The minimum atomic E-state index is -0.422. The van der Waals surface area contributed by atoms with Crippen molar-refractivity contribution in [3.8, 4) is 0 Å². The first-order valence-corrected chi connectivity index (χ1v) is 8.74. The Balaban J connectivity index is 1.56. The van der Waals surface area contributed by atoms with Crippen molar-refractivity contribution >= 4 is 6.09 Å². The van der Waals surface area contributed by atoms with E-state index in [0.717, 1.165) is 51.1 Å². The predicted octanol–water partition coefficient (Wildman–Crippen LogP) is 3.42. The van der Waals surface area contributed by atoms with E-state index >= 15 is 0 Å². The smallest absolute Gasteiger partial charge is 0.410 e. The SMILES string of the molecule is CC(C)(C)OC(=O)N1CCC(CCCOCc2cnccn2)CC1. The second-order valence-electron chi connectivity index (χ2n) is 7.30. The highest BCUT2D eigenvalue weighted by Gasteiger charge is 2.26. The van der Waals surface area contributed by atoms with Gasteiger partial charge in [-0.05, 0) is 52.4 Å². The zero-order valence-corrected chi connectivity index (χ0v) is 15.0. The van der Waals surface area contributed by atoms with Gasteiger partial charge < -0.3 is 14.4 Å². The molecule has 2 rings (SSSR count). The van der Waals surface area contributed by atoms with Crippen molar-refractivity contribution in [1.82, 2.24) is 14.9 Å². The summed E-state index contributed by atoms with van der Waals surface area (Å²) in [6.45, 7) is 8.55. The molecule has 0 saturated carbocycles. The Morgan fingerprint density at radius 2 is 2.04 bits per heavy atom. The van der Waals surface area contributed by atoms with Gasteiger partial charge in [0.2, 0.25) is 0 Å². The zero-order valence-electron chi connectivity index (χ0n) is 15.0. The standard InChI is InChI=1S/C18H29N3O3/c1-18(2,3)24-17(22)21-10-6-15(7-11-21)5-4-12-23-14-16-13-19-8-9-20-16/h8-9,13,15H,4-7,10-12,14H2,1-3H3. The third-order valence-electron chi connectivity index (χ3n) is 4.03. The quantitative estimate of drug-likeness (QED) is 0.745. The van der Waals surface area contributed by atoms with Crippen LogP contribution >= 0.6 is 0 Å². The molecule has 0 atom stereocenters. The van der Waals surface area contributed by atoms with Crippen molar-refractivity contribution in [2.45, 2.75) is 58.7 Å². The number of ether oxygens (including phenoxy) is 2. The number of amides is 1. The van der Waals surface area contributed by atoms with Crippen molar-refractivity contribution in [2.24, 2.45) is 5.92 Å². The molecule has 0 aromatic carbocycles. The number of hydrogen-bond acceptors (Lipinski definition) is 5. The second-order valence-corrected chi connectivity index (χ2v) is 7.30. The van der Waals surface area contributed by atoms with Crippen LogP contribution in [0.1, 0.15) is 52.1 Å². The fraction of sp³-hybridized carbons (Fsp3) is 0.722. The molecule has 24 heavy (non-hydrogen) atoms. The van der Waals surface area contributed by atoms with Gasteiger partial charge in [0, 0.05) is 32.1 Å². The Bertz CT molecular complexity index is 494. The zero-order chi connectivity index (χ0) is 17.4. The lowest BCUT2D eigenvalue weighted by Gasteiger charge is -2.33. The van der Waals surface area contributed by atoms with E-state index in [4.69, 9.17) is 9.47 Å². The van der Waals surface area contributed by atoms with E-state index < -0.39 is 5.60 Å². The van der Waals surface area contributed by atoms with Gasteiger partial charge in [-0.1, -0.05) is 0 Å². The van der Waals surface area contributed by atoms with Gasteiger partial charge in [0.25, 0.3) is 0 Å². The van der Waals surface area contributed by atoms with E-state index in [1.807, 2.05) is 25.7 Å². The first-order valence-electron chi connectivity index (χ1n) is 8.74. The van der Waals surface area contributed by atoms with Crippen LogP contribution in [0.5, 0.6) is 0 Å². The summed E-state index contributed by atoms with van der Waals surface area (Å²) < 4.78 is 11.1. The minimum Gasteiger partial charge on any atom is -0.444 e. The van der Waals surface area contributed by atoms with Crippen LogP contribution in [0.3, 0.4) is 0 Å². The Hall–Kier alpha value is -1.69. The van der Waals surface area contributed by atoms with Gasteiger partial charge in [-0.3, -0.25) is 9.97 Å². The van der Waals surface area contributed by atoms with Crippen LogP contribution in [0.2, 0.25) is 0 Å². The average Bonchev–Trinajstić information content (AvgIpc) is 2.54. The molecule has 1 aromatic heterocycles. The van der Waals surface area contributed by atoms with Crippen molar-refractivity contribution in [2.75, 3.05) is 19.7 Å². The van der Waals surface area contributed by atoms with E-state index in [1.165, 1.54) is 0 Å². The molecule has 1 saturated heterocycles. The Labute approximate surface area is 144 Å². The number of carbonyl (C=O) groups excluding carboxylic acids is 1. The highest BCUT2D eigenvalue weighted by molar-refractivity contribution is 5.68. The molecular weight excluding hydrogens is 306 g/mol. The van der Waals surface area contributed by atoms with E-state index in [-0.39, 0.29) is 6.09 Å². The second kappa shape index (κ2) is 8.97. The number of nitrogens with zero attached hydrogens (tertiary/aromatic N) is 3. The molecule has 1 fully saturated rings. The van der Waals surface area contributed by atoms with E-state index in [1.54, 1.807) is 18.6 Å². The summed E-state index contributed by atoms with van der Waals surface area (Å²) in [5.74, 6) is 0.670. The lowest BCUT2D eigenvalue weighted by atomic mass is 9.92. The molecule has 1 amide bonds. The lowest BCUT2D eigenvalue weighted by molar-refractivity contribution is 0.0176. The van der Waals surface area contributed by atoms with Crippen LogP contribution in [0.15, 0.2) is 18.6 Å². The largest absolute Gasteiger partial charge is 0.444 e. The molecule has 0 spiro atoms. The Morgan fingerprint density at radius 3 is 2.67 bits per heavy atom. The molecule has 0 N–H and O–H groups in total. The third-order valence-corrected chi connectivity index (χ3v) is 4.03. The van der Waals surface area contributed by atoms with Gasteiger partial charge in [-0.2, -0.15) is 0 Å². The molecule has 1 aliphatic rings. The monoisotopic (exact) mass is 335 g/mol. The molecule has 134 valence electrons. The first-order chi connectivity index (χ1) is 11.4. The fourth-order valence-corrected chi connectivity index (χ4v) is 2.79. The summed E-state index contributed by atoms with van der Waals surface area (Å²) >= 11 is 0. The van der Waals surface area contributed by atoms with Crippen LogP contribution in [0.25, 0.3) is 0 Å². The molecule has 6 heteroatoms. The van der Waals surface area contributed by atoms with Crippen molar-refractivity contribution in [3.05, 3.63) is 24.3 Å². The number of carbonyl (C=O) groups is 1. The maximum absolute atomic E-state index is 12.0. The molecule has 0 aliphatic carbocycles. The van der Waals surface area contributed by atoms with Crippen LogP contribution < -0.4 is 0 Å². The minimum absolute atomic E-state index is 0.187. The van der Waals surface area contributed by atoms with Gasteiger partial charge in [0.1, 0.15) is 5.60 Å². The number of aromatic nitrogens is 2. The lowest BCUT2D eigenvalue weighted by Crippen LogP contribution is -2.41. The summed E-state index contributed by atoms with van der Waals surface area (Å²) in [4.78, 5) is 22.0. The van der Waals surface area contributed by atoms with Crippen molar-refractivity contribution in [1.29, 1.82) is 0 Å². The Kier molecular flexibility index (Phi) is 6.97. The molecule has 0 unspecified atom stereocenters. The topological polar surface area (TPSA) is 64.5 Å². The summed E-state index contributed by atoms with van der Waals surface area (Å²) in [5, 5.41) is 0. The van der Waals surface area contributed by atoms with E-state index in [9.17, 15) is 4.79 Å². The summed E-state index contributed by atoms with van der Waals surface area (Å²) in [6.07, 6.45) is 9.15. The highest BCUT2D eigenvalue weighted by Crippen LogP contribution is 2.23. The number of hydrogen-bond donors (Lipinski definition) is 0. The highest BCUT2D eigenvalue weighted by atomic mass is 16.6. The normalized spacial score (nSPS) is 16.2. The van der Waals surface area contributed by atoms with E-state index in [0.29, 0.717) is 12.5 Å². The molecular formula is C18H29N3O3. The fourth-order valence-electron chi connectivity index (χ4n) is 2.79. The van der Waals surface area contributed by atoms with Crippen LogP contribution in [0.4, 0.5) is 4.79 Å². The molecule has 0 radical (unpaired) electrons. The van der Waals surface area contributed by atoms with Crippen LogP contribution in [-0.2, 0) is 16.1 Å². The summed E-state index contributed by atoms with van der Waals surface area (Å²) in [6, 6.07) is 0. The van der Waals surface area contributed by atoms with Gasteiger partial charge in [-0.25, -0.2) is 4.79 Å². The number of likely N-dealkylation sites (tertiary alicyclic amines) is 1. The maximum atomic E-state index is 12.0. The molecule has 0 bridgehead atoms. The molecule has 2 heterocycles. The van der Waals surface area contributed by atoms with Gasteiger partial charge >= 0.3 is 6.09 Å². The third kappa shape index (κ3) is 6.83. The van der Waals surface area contributed by atoms with Gasteiger partial charge in [0.05, 0.1) is 18.5 Å². The van der Waals surface area contributed by atoms with Gasteiger partial charge in [-0.15, -0.1) is 0 Å². The number of rotatable bonds is 6. The molecule has 6 nitrogen and oxygen atoms in total. The maximum Gasteiger partial charge on any atom is 0.410 e. The number of piperidine rings is 1. The summed E-state index contributed by atoms with van der Waals surface area (Å²) in [5.41, 5.74) is 0.442. The molecule has 1 aliphatic heterocycles. The van der Waals surface area contributed by atoms with Crippen molar-refractivity contribution < 1.29 is 14.3 Å². The van der Waals surface area contributed by atoms with Gasteiger partial charge in [0.15, 0.2) is 0 Å².